The minimum atomic E-state index is -0.402. The summed E-state index contributed by atoms with van der Waals surface area (Å²) >= 11 is 0. The van der Waals surface area contributed by atoms with E-state index in [0.717, 1.165) is 40.8 Å². The van der Waals surface area contributed by atoms with E-state index in [1.165, 1.54) is 0 Å². The molecule has 0 aliphatic heterocycles. The van der Waals surface area contributed by atoms with Gasteiger partial charge in [-0.2, -0.15) is 5.21 Å². The number of aromatic nitrogens is 6. The summed E-state index contributed by atoms with van der Waals surface area (Å²) < 4.78 is 1.84. The van der Waals surface area contributed by atoms with Crippen LogP contribution < -0.4 is 0 Å². The number of H-pyrrole nitrogens is 1. The number of nitrogens with one attached hydrogen (secondary N) is 1. The maximum atomic E-state index is 13.5. The van der Waals surface area contributed by atoms with E-state index in [2.05, 4.69) is 56.8 Å². The zero-order valence-electron chi connectivity index (χ0n) is 20.3. The van der Waals surface area contributed by atoms with E-state index in [-0.39, 0.29) is 12.5 Å². The van der Waals surface area contributed by atoms with E-state index in [1.807, 2.05) is 47.6 Å². The second kappa shape index (κ2) is 11.1. The van der Waals surface area contributed by atoms with Gasteiger partial charge in [0, 0.05) is 24.3 Å². The molecule has 1 unspecified atom stereocenters. The molecule has 35 heavy (non-hydrogen) atoms. The number of hydrogen-bond acceptors (Lipinski definition) is 6. The lowest BCUT2D eigenvalue weighted by atomic mass is 9.98. The molecule has 182 valence electrons. The fourth-order valence-corrected chi connectivity index (χ4v) is 4.22. The van der Waals surface area contributed by atoms with Crippen LogP contribution in [0.25, 0.3) is 22.5 Å². The highest BCUT2D eigenvalue weighted by molar-refractivity contribution is 5.81. The minimum Gasteiger partial charge on any atom is -0.390 e. The van der Waals surface area contributed by atoms with Gasteiger partial charge in [0.1, 0.15) is 6.04 Å². The molecule has 2 aromatic carbocycles. The summed E-state index contributed by atoms with van der Waals surface area (Å²) in [5.41, 5.74) is 5.43. The Bertz CT molecular complexity index is 1250. The number of aliphatic hydroxyl groups excluding tert-OH is 1. The van der Waals surface area contributed by atoms with Gasteiger partial charge in [-0.15, -0.1) is 10.2 Å². The molecule has 9 nitrogen and oxygen atoms in total. The van der Waals surface area contributed by atoms with Gasteiger partial charge in [0.05, 0.1) is 18.6 Å². The van der Waals surface area contributed by atoms with Crippen LogP contribution in [-0.4, -0.2) is 52.6 Å². The first kappa shape index (κ1) is 24.3. The normalized spacial score (nSPS) is 12.0. The number of aliphatic hydroxyl groups is 1. The van der Waals surface area contributed by atoms with Gasteiger partial charge in [0.2, 0.25) is 11.7 Å². The molecule has 9 heteroatoms. The largest absolute Gasteiger partial charge is 0.390 e. The second-order valence-electron chi connectivity index (χ2n) is 8.61. The molecular weight excluding hydrogens is 442 g/mol. The molecule has 4 aromatic rings. The van der Waals surface area contributed by atoms with E-state index >= 15 is 0 Å². The van der Waals surface area contributed by atoms with Crippen molar-refractivity contribution in [2.45, 2.75) is 52.8 Å². The van der Waals surface area contributed by atoms with Crippen molar-refractivity contribution in [3.05, 3.63) is 71.8 Å². The van der Waals surface area contributed by atoms with E-state index in [1.54, 1.807) is 6.33 Å². The SMILES string of the molecule is CCCCN(Cc1ccc(-c2ccccc2-c2nn[nH]n2)cc1)C(=O)C(C)n1cnc(CO)c1C. The number of tetrazole rings is 1. The fraction of sp³-hybridized carbons (Fsp3) is 0.346. The van der Waals surface area contributed by atoms with Crippen molar-refractivity contribution in [1.29, 1.82) is 0 Å². The summed E-state index contributed by atoms with van der Waals surface area (Å²) in [7, 11) is 0. The van der Waals surface area contributed by atoms with Crippen LogP contribution >= 0.6 is 0 Å². The van der Waals surface area contributed by atoms with Crippen LogP contribution in [0.15, 0.2) is 54.9 Å². The van der Waals surface area contributed by atoms with Crippen molar-refractivity contribution in [2.24, 2.45) is 0 Å². The van der Waals surface area contributed by atoms with Crippen LogP contribution in [0.2, 0.25) is 0 Å². The first-order valence-electron chi connectivity index (χ1n) is 11.9. The highest BCUT2D eigenvalue weighted by Crippen LogP contribution is 2.30. The number of rotatable bonds is 10. The van der Waals surface area contributed by atoms with E-state index in [9.17, 15) is 9.90 Å². The van der Waals surface area contributed by atoms with Crippen LogP contribution in [-0.2, 0) is 17.9 Å². The lowest BCUT2D eigenvalue weighted by molar-refractivity contribution is -0.135. The predicted molar refractivity (Wildman–Crippen MR) is 133 cm³/mol. The third-order valence-electron chi connectivity index (χ3n) is 6.31. The molecule has 4 rings (SSSR count). The molecule has 0 fully saturated rings. The number of nitrogens with zero attached hydrogens (tertiary/aromatic N) is 6. The Morgan fingerprint density at radius 2 is 1.89 bits per heavy atom. The first-order chi connectivity index (χ1) is 17.0. The highest BCUT2D eigenvalue weighted by atomic mass is 16.3. The Kier molecular flexibility index (Phi) is 7.67. The number of aromatic amines is 1. The molecule has 2 N–H and O–H groups in total. The molecule has 1 atom stereocenters. The van der Waals surface area contributed by atoms with Gasteiger partial charge < -0.3 is 14.6 Å². The lowest BCUT2D eigenvalue weighted by Gasteiger charge is -2.27. The van der Waals surface area contributed by atoms with E-state index in [4.69, 9.17) is 0 Å². The minimum absolute atomic E-state index is 0.0370. The molecule has 0 spiro atoms. The van der Waals surface area contributed by atoms with Gasteiger partial charge in [-0.25, -0.2) is 4.98 Å². The molecule has 1 amide bonds. The number of benzene rings is 2. The monoisotopic (exact) mass is 473 g/mol. The highest BCUT2D eigenvalue weighted by Gasteiger charge is 2.24. The summed E-state index contributed by atoms with van der Waals surface area (Å²) in [5, 5.41) is 23.9. The molecule has 2 aromatic heterocycles. The van der Waals surface area contributed by atoms with Crippen LogP contribution in [0.3, 0.4) is 0 Å². The first-order valence-corrected chi connectivity index (χ1v) is 11.9. The topological polar surface area (TPSA) is 113 Å². The van der Waals surface area contributed by atoms with Crippen LogP contribution in [0.5, 0.6) is 0 Å². The third-order valence-corrected chi connectivity index (χ3v) is 6.31. The second-order valence-corrected chi connectivity index (χ2v) is 8.61. The summed E-state index contributed by atoms with van der Waals surface area (Å²) in [6, 6.07) is 15.8. The lowest BCUT2D eigenvalue weighted by Crippen LogP contribution is -2.36. The Labute approximate surface area is 204 Å². The van der Waals surface area contributed by atoms with Crippen LogP contribution in [0.1, 0.15) is 49.7 Å². The third kappa shape index (κ3) is 5.30. The van der Waals surface area contributed by atoms with Crippen molar-refractivity contribution < 1.29 is 9.90 Å². The maximum Gasteiger partial charge on any atom is 0.245 e. The molecule has 0 bridgehead atoms. The Morgan fingerprint density at radius 3 is 2.51 bits per heavy atom. The van der Waals surface area contributed by atoms with Crippen LogP contribution in [0.4, 0.5) is 0 Å². The van der Waals surface area contributed by atoms with Crippen molar-refractivity contribution in [3.8, 4) is 22.5 Å². The van der Waals surface area contributed by atoms with E-state index in [0.29, 0.717) is 24.6 Å². The number of imidazole rings is 1. The Balaban J connectivity index is 1.54. The van der Waals surface area contributed by atoms with Gasteiger partial charge in [-0.1, -0.05) is 61.9 Å². The summed E-state index contributed by atoms with van der Waals surface area (Å²) in [6.07, 6.45) is 3.57. The molecule has 0 saturated carbocycles. The van der Waals surface area contributed by atoms with Gasteiger partial charge in [0.15, 0.2) is 0 Å². The number of unbranched alkanes of at least 4 members (excludes halogenated alkanes) is 1. The van der Waals surface area contributed by atoms with E-state index < -0.39 is 6.04 Å². The summed E-state index contributed by atoms with van der Waals surface area (Å²) in [6.45, 7) is 6.95. The number of hydrogen-bond donors (Lipinski definition) is 2. The van der Waals surface area contributed by atoms with Crippen molar-refractivity contribution in [1.82, 2.24) is 35.1 Å². The predicted octanol–water partition coefficient (Wildman–Crippen LogP) is 3.92. The summed E-state index contributed by atoms with van der Waals surface area (Å²) in [5.74, 6) is 0.587. The summed E-state index contributed by atoms with van der Waals surface area (Å²) in [4.78, 5) is 19.6. The zero-order valence-corrected chi connectivity index (χ0v) is 20.3. The van der Waals surface area contributed by atoms with Crippen molar-refractivity contribution in [2.75, 3.05) is 6.54 Å². The number of carbonyl (C=O) groups excluding carboxylic acids is 1. The average molecular weight is 474 g/mol. The molecule has 0 radical (unpaired) electrons. The van der Waals surface area contributed by atoms with Gasteiger partial charge in [-0.3, -0.25) is 4.79 Å². The fourth-order valence-electron chi connectivity index (χ4n) is 4.22. The van der Waals surface area contributed by atoms with Gasteiger partial charge in [-0.05, 0) is 42.2 Å². The van der Waals surface area contributed by atoms with Gasteiger partial charge >= 0.3 is 0 Å². The molecule has 0 aliphatic rings. The van der Waals surface area contributed by atoms with Crippen molar-refractivity contribution >= 4 is 5.91 Å². The Morgan fingerprint density at radius 1 is 1.14 bits per heavy atom. The average Bonchev–Trinajstić information content (AvgIpc) is 3.56. The maximum absolute atomic E-state index is 13.5. The Hall–Kier alpha value is -3.85. The zero-order chi connectivity index (χ0) is 24.8. The molecule has 0 aliphatic carbocycles. The molecule has 2 heterocycles. The number of carbonyl (C=O) groups is 1. The van der Waals surface area contributed by atoms with Crippen molar-refractivity contribution in [3.63, 3.8) is 0 Å². The smallest absolute Gasteiger partial charge is 0.245 e. The quantitative estimate of drug-likeness (QED) is 0.361. The molecular formula is C26H31N7O2. The van der Waals surface area contributed by atoms with Gasteiger partial charge in [0.25, 0.3) is 0 Å². The van der Waals surface area contributed by atoms with Crippen LogP contribution in [0, 0.1) is 6.92 Å². The number of amides is 1. The molecule has 0 saturated heterocycles. The standard InChI is InChI=1S/C26H31N7O2/c1-4-5-14-32(26(35)19(3)33-17-27-24(16-34)18(33)2)15-20-10-12-21(13-11-20)22-8-6-7-9-23(22)25-28-30-31-29-25/h6-13,17,19,34H,4-5,14-16H2,1-3H3,(H,28,29,30,31).